The number of pyridine rings is 2. The molecule has 0 fully saturated rings. The van der Waals surface area contributed by atoms with E-state index in [1.54, 1.807) is 42.5 Å². The molecule has 132 valence electrons. The van der Waals surface area contributed by atoms with Crippen molar-refractivity contribution in [2.75, 3.05) is 13.6 Å². The number of nitrogens with zero attached hydrogens (tertiary/aromatic N) is 5. The summed E-state index contributed by atoms with van der Waals surface area (Å²) in [5.74, 6) is 0.363. The van der Waals surface area contributed by atoms with Crippen LogP contribution in [0.5, 0.6) is 0 Å². The molecule has 25 heavy (non-hydrogen) atoms. The lowest BCUT2D eigenvalue weighted by atomic mass is 10.1. The Morgan fingerprint density at radius 2 is 1.88 bits per heavy atom. The second-order valence-corrected chi connectivity index (χ2v) is 6.19. The number of rotatable bonds is 6. The molecule has 1 unspecified atom stereocenters. The fourth-order valence-electron chi connectivity index (χ4n) is 2.15. The Morgan fingerprint density at radius 3 is 2.40 bits per heavy atom. The quantitative estimate of drug-likeness (QED) is 0.250. The molecule has 0 aromatic carbocycles. The van der Waals surface area contributed by atoms with Gasteiger partial charge in [0.1, 0.15) is 10.3 Å². The third-order valence-corrected chi connectivity index (χ3v) is 4.17. The van der Waals surface area contributed by atoms with Crippen molar-refractivity contribution in [1.29, 1.82) is 0 Å². The van der Waals surface area contributed by atoms with Gasteiger partial charge < -0.3 is 4.90 Å². The van der Waals surface area contributed by atoms with Crippen LogP contribution >= 0.6 is 23.2 Å². The number of amidine groups is 1. The Kier molecular flexibility index (Phi) is 6.66. The fraction of sp³-hybridized carbons (Fsp3) is 0.312. The first-order valence-corrected chi connectivity index (χ1v) is 8.22. The Labute approximate surface area is 155 Å². The molecule has 1 atom stereocenters. The van der Waals surface area contributed by atoms with Crippen molar-refractivity contribution in [2.45, 2.75) is 19.5 Å². The number of hydrogen-bond donors (Lipinski definition) is 0. The second kappa shape index (κ2) is 8.73. The van der Waals surface area contributed by atoms with E-state index < -0.39 is 4.92 Å². The van der Waals surface area contributed by atoms with E-state index in [-0.39, 0.29) is 19.1 Å². The smallest absolute Gasteiger partial charge is 0.260 e. The van der Waals surface area contributed by atoms with Crippen molar-refractivity contribution >= 4 is 29.0 Å². The summed E-state index contributed by atoms with van der Waals surface area (Å²) in [5.41, 5.74) is 1.70. The predicted octanol–water partition coefficient (Wildman–Crippen LogP) is 3.65. The van der Waals surface area contributed by atoms with E-state index in [0.29, 0.717) is 16.1 Å². The Morgan fingerprint density at radius 1 is 1.24 bits per heavy atom. The predicted molar refractivity (Wildman–Crippen MR) is 97.7 cm³/mol. The van der Waals surface area contributed by atoms with Gasteiger partial charge in [0.25, 0.3) is 6.54 Å². The van der Waals surface area contributed by atoms with Gasteiger partial charge in [-0.2, -0.15) is 0 Å². The van der Waals surface area contributed by atoms with Crippen LogP contribution in [0.15, 0.2) is 41.7 Å². The van der Waals surface area contributed by atoms with E-state index in [1.165, 1.54) is 0 Å². The zero-order valence-corrected chi connectivity index (χ0v) is 15.3. The normalized spacial score (nSPS) is 12.7. The van der Waals surface area contributed by atoms with Crippen LogP contribution in [-0.4, -0.2) is 39.2 Å². The minimum absolute atomic E-state index is 0.146. The monoisotopic (exact) mass is 381 g/mol. The maximum absolute atomic E-state index is 11.0. The molecule has 7 nitrogen and oxygen atoms in total. The molecule has 0 saturated heterocycles. The first-order chi connectivity index (χ1) is 11.9. The van der Waals surface area contributed by atoms with Crippen molar-refractivity contribution in [3.05, 3.63) is 68.2 Å². The maximum Gasteiger partial charge on any atom is 0.260 e. The van der Waals surface area contributed by atoms with Gasteiger partial charge in [-0.1, -0.05) is 35.3 Å². The minimum Gasteiger partial charge on any atom is -0.351 e. The summed E-state index contributed by atoms with van der Waals surface area (Å²) in [6, 6.07) is 6.82. The summed E-state index contributed by atoms with van der Waals surface area (Å²) in [7, 11) is 1.77. The lowest BCUT2D eigenvalue weighted by Gasteiger charge is -2.26. The highest BCUT2D eigenvalue weighted by Gasteiger charge is 2.20. The van der Waals surface area contributed by atoms with Gasteiger partial charge in [0.05, 0.1) is 12.6 Å². The van der Waals surface area contributed by atoms with Gasteiger partial charge in [0, 0.05) is 24.4 Å². The Bertz CT molecular complexity index is 750. The molecular formula is C16H17Cl2N5O2. The first kappa shape index (κ1) is 19.1. The molecule has 0 N–H and O–H groups in total. The van der Waals surface area contributed by atoms with Crippen LogP contribution in [0.25, 0.3) is 0 Å². The highest BCUT2D eigenvalue weighted by atomic mass is 35.5. The third-order valence-electron chi connectivity index (χ3n) is 3.72. The summed E-state index contributed by atoms with van der Waals surface area (Å²) >= 11 is 11.6. The second-order valence-electron chi connectivity index (χ2n) is 5.41. The zero-order valence-electron chi connectivity index (χ0n) is 13.8. The molecule has 2 aromatic rings. The van der Waals surface area contributed by atoms with Crippen molar-refractivity contribution < 1.29 is 4.92 Å². The van der Waals surface area contributed by atoms with Crippen molar-refractivity contribution in [3.8, 4) is 0 Å². The van der Waals surface area contributed by atoms with Crippen molar-refractivity contribution in [1.82, 2.24) is 14.9 Å². The van der Waals surface area contributed by atoms with Crippen LogP contribution in [0.1, 0.15) is 24.1 Å². The standard InChI is InChI=1S/C16H17Cl2N5O2/c1-11(13-4-6-15(18)20-9-13)22(2)16(10-23(24)25)21-8-12-3-5-14(17)19-7-12/h3-7,9,11H,8,10H2,1-2H3. The van der Waals surface area contributed by atoms with E-state index >= 15 is 0 Å². The van der Waals surface area contributed by atoms with Crippen molar-refractivity contribution in [3.63, 3.8) is 0 Å². The zero-order chi connectivity index (χ0) is 18.4. The largest absolute Gasteiger partial charge is 0.351 e. The van der Waals surface area contributed by atoms with E-state index in [1.807, 2.05) is 13.0 Å². The van der Waals surface area contributed by atoms with Gasteiger partial charge in [0.15, 0.2) is 5.84 Å². The SMILES string of the molecule is CC(c1ccc(Cl)nc1)N(C)C(C[N+](=O)[O-])=NCc1ccc(Cl)nc1. The average Bonchev–Trinajstić information content (AvgIpc) is 2.59. The van der Waals surface area contributed by atoms with Crippen LogP contribution in [0.4, 0.5) is 0 Å². The molecule has 0 amide bonds. The number of hydrogen-bond acceptors (Lipinski definition) is 5. The van der Waals surface area contributed by atoms with Crippen molar-refractivity contribution in [2.24, 2.45) is 4.99 Å². The van der Waals surface area contributed by atoms with Crippen LogP contribution in [0.3, 0.4) is 0 Å². The molecule has 2 aromatic heterocycles. The molecule has 0 saturated carbocycles. The van der Waals surface area contributed by atoms with Gasteiger partial charge in [-0.15, -0.1) is 0 Å². The summed E-state index contributed by atoms with van der Waals surface area (Å²) in [6.45, 7) is 1.83. The van der Waals surface area contributed by atoms with Crippen LogP contribution in [0, 0.1) is 10.1 Å². The molecule has 2 heterocycles. The van der Waals surface area contributed by atoms with E-state index in [2.05, 4.69) is 15.0 Å². The Balaban J connectivity index is 2.19. The summed E-state index contributed by atoms with van der Waals surface area (Å²) in [4.78, 5) is 24.8. The molecule has 0 bridgehead atoms. The van der Waals surface area contributed by atoms with Gasteiger partial charge >= 0.3 is 0 Å². The van der Waals surface area contributed by atoms with E-state index in [4.69, 9.17) is 23.2 Å². The Hall–Kier alpha value is -2.25. The molecule has 2 rings (SSSR count). The number of nitro groups is 1. The van der Waals surface area contributed by atoms with Crippen LogP contribution in [0.2, 0.25) is 10.3 Å². The molecule has 0 aliphatic heterocycles. The first-order valence-electron chi connectivity index (χ1n) is 7.46. The maximum atomic E-state index is 11.0. The number of halogens is 2. The van der Waals surface area contributed by atoms with E-state index in [0.717, 1.165) is 11.1 Å². The van der Waals surface area contributed by atoms with Gasteiger partial charge in [-0.3, -0.25) is 15.1 Å². The topological polar surface area (TPSA) is 84.5 Å². The van der Waals surface area contributed by atoms with Gasteiger partial charge in [0.2, 0.25) is 0 Å². The molecular weight excluding hydrogens is 365 g/mol. The highest BCUT2D eigenvalue weighted by molar-refractivity contribution is 6.29. The van der Waals surface area contributed by atoms with E-state index in [9.17, 15) is 10.1 Å². The van der Waals surface area contributed by atoms with Crippen LogP contribution in [-0.2, 0) is 6.54 Å². The number of aromatic nitrogens is 2. The van der Waals surface area contributed by atoms with Gasteiger partial charge in [-0.25, -0.2) is 9.97 Å². The lowest BCUT2D eigenvalue weighted by molar-refractivity contribution is -0.464. The summed E-state index contributed by atoms with van der Waals surface area (Å²) in [5, 5.41) is 11.8. The van der Waals surface area contributed by atoms with Gasteiger partial charge in [-0.05, 0) is 30.2 Å². The molecule has 0 aliphatic rings. The summed E-state index contributed by atoms with van der Waals surface area (Å²) < 4.78 is 0. The fourth-order valence-corrected chi connectivity index (χ4v) is 2.38. The highest BCUT2D eigenvalue weighted by Crippen LogP contribution is 2.20. The molecule has 0 aliphatic carbocycles. The average molecular weight is 382 g/mol. The third kappa shape index (κ3) is 5.65. The molecule has 0 radical (unpaired) electrons. The minimum atomic E-state index is -0.401. The molecule has 0 spiro atoms. The lowest BCUT2D eigenvalue weighted by Crippen LogP contribution is -2.34. The number of likely N-dealkylation sites (N-methyl/N-ethyl adjacent to an activating group) is 1. The summed E-state index contributed by atoms with van der Waals surface area (Å²) in [6.07, 6.45) is 3.25. The van der Waals surface area contributed by atoms with Crippen LogP contribution < -0.4 is 0 Å². The molecule has 9 heteroatoms. The number of aliphatic imine (C=N–C) groups is 1.